The monoisotopic (exact) mass is 325 g/mol. The quantitative estimate of drug-likeness (QED) is 0.898. The molecule has 6 heteroatoms. The van der Waals surface area contributed by atoms with Gasteiger partial charge in [-0.2, -0.15) is 0 Å². The van der Waals surface area contributed by atoms with Crippen LogP contribution in [0.15, 0.2) is 5.38 Å². The highest BCUT2D eigenvalue weighted by molar-refractivity contribution is 7.09. The van der Waals surface area contributed by atoms with E-state index in [0.29, 0.717) is 6.54 Å². The van der Waals surface area contributed by atoms with Crippen molar-refractivity contribution >= 4 is 17.4 Å². The second-order valence-electron chi connectivity index (χ2n) is 7.13. The minimum Gasteiger partial charge on any atom is -0.396 e. The van der Waals surface area contributed by atoms with Gasteiger partial charge in [0, 0.05) is 30.5 Å². The second-order valence-corrected chi connectivity index (χ2v) is 8.02. The molecule has 0 aliphatic carbocycles. The normalized spacial score (nSPS) is 20.8. The molecule has 2 N–H and O–H groups in total. The number of aliphatic hydroxyl groups is 1. The molecule has 0 spiro atoms. The molecular formula is C16H27N3O2S. The van der Waals surface area contributed by atoms with Crippen LogP contribution in [0.3, 0.4) is 0 Å². The van der Waals surface area contributed by atoms with Crippen molar-refractivity contribution in [3.8, 4) is 0 Å². The average molecular weight is 325 g/mol. The van der Waals surface area contributed by atoms with Gasteiger partial charge in [-0.1, -0.05) is 20.8 Å². The van der Waals surface area contributed by atoms with Crippen molar-refractivity contribution in [2.75, 3.05) is 19.7 Å². The van der Waals surface area contributed by atoms with Gasteiger partial charge in [0.1, 0.15) is 5.01 Å². The maximum atomic E-state index is 12.4. The fourth-order valence-electron chi connectivity index (χ4n) is 2.57. The standard InChI is InChI=1S/C16H27N3O2S/c1-11(14-18-13(10-22-14)16(2,3)4)17-15(21)19-7-5-6-12(8-19)9-20/h10-12,20H,5-9H2,1-4H3,(H,17,21)/t11-,12+/m0/s1. The zero-order chi connectivity index (χ0) is 16.3. The Bertz CT molecular complexity index is 510. The van der Waals surface area contributed by atoms with E-state index in [-0.39, 0.29) is 30.0 Å². The molecule has 1 fully saturated rings. The maximum absolute atomic E-state index is 12.4. The fourth-order valence-corrected chi connectivity index (χ4v) is 3.62. The second kappa shape index (κ2) is 6.96. The Labute approximate surface area is 136 Å². The zero-order valence-electron chi connectivity index (χ0n) is 13.9. The van der Waals surface area contributed by atoms with Crippen LogP contribution >= 0.6 is 11.3 Å². The predicted octanol–water partition coefficient (Wildman–Crippen LogP) is 2.92. The smallest absolute Gasteiger partial charge is 0.317 e. The predicted molar refractivity (Wildman–Crippen MR) is 89.1 cm³/mol. The first-order valence-corrected chi connectivity index (χ1v) is 8.81. The number of rotatable bonds is 3. The lowest BCUT2D eigenvalue weighted by Crippen LogP contribution is -2.46. The Kier molecular flexibility index (Phi) is 5.45. The summed E-state index contributed by atoms with van der Waals surface area (Å²) in [5, 5.41) is 15.3. The first-order chi connectivity index (χ1) is 10.3. The van der Waals surface area contributed by atoms with Crippen LogP contribution in [-0.4, -0.2) is 40.7 Å². The van der Waals surface area contributed by atoms with Crippen molar-refractivity contribution < 1.29 is 9.90 Å². The van der Waals surface area contributed by atoms with Crippen LogP contribution in [0.1, 0.15) is 57.3 Å². The van der Waals surface area contributed by atoms with Crippen molar-refractivity contribution in [2.45, 2.75) is 52.0 Å². The number of thiazole rings is 1. The van der Waals surface area contributed by atoms with Crippen LogP contribution in [0.5, 0.6) is 0 Å². The number of carbonyl (C=O) groups excluding carboxylic acids is 1. The summed E-state index contributed by atoms with van der Waals surface area (Å²) in [7, 11) is 0. The number of hydrogen-bond donors (Lipinski definition) is 2. The highest BCUT2D eigenvalue weighted by Gasteiger charge is 2.25. The highest BCUT2D eigenvalue weighted by Crippen LogP contribution is 2.27. The molecule has 2 amide bonds. The molecule has 2 atom stereocenters. The van der Waals surface area contributed by atoms with E-state index >= 15 is 0 Å². The van der Waals surface area contributed by atoms with Crippen LogP contribution in [0.2, 0.25) is 0 Å². The molecule has 2 heterocycles. The number of hydrogen-bond acceptors (Lipinski definition) is 4. The van der Waals surface area contributed by atoms with Gasteiger partial charge in [0.25, 0.3) is 0 Å². The zero-order valence-corrected chi connectivity index (χ0v) is 14.7. The fraction of sp³-hybridized carbons (Fsp3) is 0.750. The largest absolute Gasteiger partial charge is 0.396 e. The van der Waals surface area contributed by atoms with Crippen LogP contribution in [-0.2, 0) is 5.41 Å². The minimum atomic E-state index is -0.0943. The van der Waals surface area contributed by atoms with Gasteiger partial charge in [-0.05, 0) is 25.7 Å². The number of nitrogens with one attached hydrogen (secondary N) is 1. The lowest BCUT2D eigenvalue weighted by molar-refractivity contribution is 0.128. The third-order valence-electron chi connectivity index (χ3n) is 4.07. The first kappa shape index (κ1) is 17.2. The lowest BCUT2D eigenvalue weighted by atomic mass is 9.93. The molecule has 0 saturated carbocycles. The summed E-state index contributed by atoms with van der Waals surface area (Å²) < 4.78 is 0. The molecule has 124 valence electrons. The van der Waals surface area contributed by atoms with E-state index in [0.717, 1.165) is 30.1 Å². The molecule has 0 unspecified atom stereocenters. The van der Waals surface area contributed by atoms with E-state index in [4.69, 9.17) is 0 Å². The number of aromatic nitrogens is 1. The summed E-state index contributed by atoms with van der Waals surface area (Å²) in [6.45, 7) is 9.94. The van der Waals surface area contributed by atoms with Crippen molar-refractivity contribution in [1.82, 2.24) is 15.2 Å². The lowest BCUT2D eigenvalue weighted by Gasteiger charge is -2.32. The van der Waals surface area contributed by atoms with E-state index in [1.807, 2.05) is 6.92 Å². The van der Waals surface area contributed by atoms with Gasteiger partial charge < -0.3 is 15.3 Å². The Hall–Kier alpha value is -1.14. The van der Waals surface area contributed by atoms with Crippen LogP contribution in [0, 0.1) is 5.92 Å². The Balaban J connectivity index is 1.95. The van der Waals surface area contributed by atoms with Crippen molar-refractivity contribution in [3.05, 3.63) is 16.1 Å². The number of nitrogens with zero attached hydrogens (tertiary/aromatic N) is 2. The summed E-state index contributed by atoms with van der Waals surface area (Å²) in [5.41, 5.74) is 1.09. The number of amides is 2. The summed E-state index contributed by atoms with van der Waals surface area (Å²) in [6.07, 6.45) is 1.95. The van der Waals surface area contributed by atoms with E-state index in [1.165, 1.54) is 0 Å². The molecule has 5 nitrogen and oxygen atoms in total. The van der Waals surface area contributed by atoms with Gasteiger partial charge in [-0.15, -0.1) is 11.3 Å². The summed E-state index contributed by atoms with van der Waals surface area (Å²) in [4.78, 5) is 18.8. The SMILES string of the molecule is C[C@H](NC(=O)N1CCC[C@@H](CO)C1)c1nc(C(C)(C)C)cs1. The highest BCUT2D eigenvalue weighted by atomic mass is 32.1. The molecule has 2 rings (SSSR count). The van der Waals surface area contributed by atoms with Crippen molar-refractivity contribution in [2.24, 2.45) is 5.92 Å². The minimum absolute atomic E-state index is 0.0275. The van der Waals surface area contributed by atoms with Crippen LogP contribution < -0.4 is 5.32 Å². The molecule has 0 bridgehead atoms. The summed E-state index contributed by atoms with van der Waals surface area (Å²) in [5.74, 6) is 0.210. The van der Waals surface area contributed by atoms with E-state index in [1.54, 1.807) is 16.2 Å². The molecule has 0 aromatic carbocycles. The Morgan fingerprint density at radius 3 is 2.91 bits per heavy atom. The Morgan fingerprint density at radius 1 is 1.59 bits per heavy atom. The molecule has 22 heavy (non-hydrogen) atoms. The maximum Gasteiger partial charge on any atom is 0.317 e. The molecule has 1 aliphatic heterocycles. The van der Waals surface area contributed by atoms with Gasteiger partial charge in [0.2, 0.25) is 0 Å². The van der Waals surface area contributed by atoms with E-state index < -0.39 is 0 Å². The summed E-state index contributed by atoms with van der Waals surface area (Å²) in [6, 6.07) is -0.152. The molecule has 1 aromatic rings. The molecule has 1 aromatic heterocycles. The number of piperidine rings is 1. The average Bonchev–Trinajstić information content (AvgIpc) is 2.97. The summed E-state index contributed by atoms with van der Waals surface area (Å²) >= 11 is 1.59. The van der Waals surface area contributed by atoms with E-state index in [2.05, 4.69) is 36.5 Å². The van der Waals surface area contributed by atoms with Gasteiger partial charge in [-0.3, -0.25) is 0 Å². The molecular weight excluding hydrogens is 298 g/mol. The van der Waals surface area contributed by atoms with Gasteiger partial charge in [0.05, 0.1) is 11.7 Å². The topological polar surface area (TPSA) is 65.5 Å². The Morgan fingerprint density at radius 2 is 2.32 bits per heavy atom. The van der Waals surface area contributed by atoms with Gasteiger partial charge >= 0.3 is 6.03 Å². The van der Waals surface area contributed by atoms with Crippen LogP contribution in [0.4, 0.5) is 4.79 Å². The van der Waals surface area contributed by atoms with Crippen molar-refractivity contribution in [3.63, 3.8) is 0 Å². The number of carbonyl (C=O) groups is 1. The van der Waals surface area contributed by atoms with Gasteiger partial charge in [-0.25, -0.2) is 9.78 Å². The van der Waals surface area contributed by atoms with E-state index in [9.17, 15) is 9.90 Å². The number of aliphatic hydroxyl groups excluding tert-OH is 1. The van der Waals surface area contributed by atoms with Crippen molar-refractivity contribution in [1.29, 1.82) is 0 Å². The third-order valence-corrected chi connectivity index (χ3v) is 5.09. The molecule has 0 radical (unpaired) electrons. The number of urea groups is 1. The first-order valence-electron chi connectivity index (χ1n) is 7.93. The number of likely N-dealkylation sites (tertiary alicyclic amines) is 1. The van der Waals surface area contributed by atoms with Crippen LogP contribution in [0.25, 0.3) is 0 Å². The molecule has 1 saturated heterocycles. The molecule has 1 aliphatic rings. The van der Waals surface area contributed by atoms with Gasteiger partial charge in [0.15, 0.2) is 0 Å². The third kappa shape index (κ3) is 4.20.